The zero-order chi connectivity index (χ0) is 10.6. The van der Waals surface area contributed by atoms with Crippen molar-refractivity contribution in [1.29, 1.82) is 0 Å². The molecular weight excluding hydrogens is 236 g/mol. The van der Waals surface area contributed by atoms with E-state index in [1.807, 2.05) is 0 Å². The number of allylic oxidation sites excluding steroid dienone is 1. The molecule has 0 fully saturated rings. The molecule has 0 unspecified atom stereocenters. The van der Waals surface area contributed by atoms with Crippen LogP contribution in [-0.2, 0) is 0 Å². The van der Waals surface area contributed by atoms with Crippen molar-refractivity contribution in [3.63, 3.8) is 0 Å². The van der Waals surface area contributed by atoms with Gasteiger partial charge in [-0.1, -0.05) is 23.7 Å². The number of benzene rings is 1. The molecule has 0 aliphatic heterocycles. The van der Waals surface area contributed by atoms with Gasteiger partial charge in [0.05, 0.1) is 0 Å². The predicted octanol–water partition coefficient (Wildman–Crippen LogP) is 3.87. The van der Waals surface area contributed by atoms with Crippen LogP contribution in [0.5, 0.6) is 0 Å². The average molecular weight is 250 g/mol. The van der Waals surface area contributed by atoms with Crippen molar-refractivity contribution in [2.45, 2.75) is 18.9 Å². The van der Waals surface area contributed by atoms with Crippen molar-refractivity contribution in [2.24, 2.45) is 5.73 Å². The van der Waals surface area contributed by atoms with Crippen molar-refractivity contribution in [3.8, 4) is 0 Å². The lowest BCUT2D eigenvalue weighted by atomic mass is 10.0. The smallest absolute Gasteiger partial charge is 0.129 e. The van der Waals surface area contributed by atoms with Crippen molar-refractivity contribution in [2.75, 3.05) is 0 Å². The Balaban J connectivity index is 0.00000196. The van der Waals surface area contributed by atoms with E-state index >= 15 is 0 Å². The summed E-state index contributed by atoms with van der Waals surface area (Å²) in [5.41, 5.74) is 6.21. The van der Waals surface area contributed by atoms with Crippen LogP contribution in [-0.4, -0.2) is 0 Å². The van der Waals surface area contributed by atoms with Crippen LogP contribution in [0.2, 0.25) is 5.02 Å². The molecule has 0 aliphatic carbocycles. The molecule has 0 amide bonds. The third-order valence-corrected chi connectivity index (χ3v) is 2.38. The Morgan fingerprint density at radius 3 is 2.73 bits per heavy atom. The van der Waals surface area contributed by atoms with Gasteiger partial charge in [-0.3, -0.25) is 0 Å². The van der Waals surface area contributed by atoms with Crippen LogP contribution in [0.15, 0.2) is 30.9 Å². The molecule has 15 heavy (non-hydrogen) atoms. The molecule has 0 aromatic heterocycles. The molecule has 1 nitrogen and oxygen atoms in total. The minimum atomic E-state index is -0.360. The predicted molar refractivity (Wildman–Crippen MR) is 65.0 cm³/mol. The number of rotatable bonds is 4. The van der Waals surface area contributed by atoms with Crippen LogP contribution in [0.3, 0.4) is 0 Å². The SMILES string of the molecule is C=CCC[C@H](N)c1c(F)cccc1Cl.Cl. The molecular formula is C11H14Cl2FN. The standard InChI is InChI=1S/C11H13ClFN.ClH/c1-2-3-7-10(14)11-8(12)5-4-6-9(11)13;/h2,4-6,10H,1,3,7,14H2;1H/t10-;/m0./s1. The van der Waals surface area contributed by atoms with Gasteiger partial charge in [0.2, 0.25) is 0 Å². The summed E-state index contributed by atoms with van der Waals surface area (Å²) in [6.45, 7) is 3.59. The molecule has 0 saturated heterocycles. The molecule has 4 heteroatoms. The highest BCUT2D eigenvalue weighted by atomic mass is 35.5. The molecule has 0 saturated carbocycles. The Morgan fingerprint density at radius 1 is 1.53 bits per heavy atom. The molecule has 0 heterocycles. The number of hydrogen-bond donors (Lipinski definition) is 1. The highest BCUT2D eigenvalue weighted by molar-refractivity contribution is 6.31. The van der Waals surface area contributed by atoms with Gasteiger partial charge in [-0.05, 0) is 25.0 Å². The molecule has 84 valence electrons. The van der Waals surface area contributed by atoms with E-state index < -0.39 is 0 Å². The van der Waals surface area contributed by atoms with Crippen LogP contribution in [0.1, 0.15) is 24.4 Å². The quantitative estimate of drug-likeness (QED) is 0.806. The Hall–Kier alpha value is -0.570. The maximum Gasteiger partial charge on any atom is 0.129 e. The molecule has 0 aliphatic rings. The van der Waals surface area contributed by atoms with Gasteiger partial charge >= 0.3 is 0 Å². The Bertz CT molecular complexity index is 308. The third-order valence-electron chi connectivity index (χ3n) is 2.05. The first-order valence-corrected chi connectivity index (χ1v) is 4.85. The topological polar surface area (TPSA) is 26.0 Å². The van der Waals surface area contributed by atoms with Gasteiger partial charge in [-0.2, -0.15) is 0 Å². The maximum absolute atomic E-state index is 13.3. The van der Waals surface area contributed by atoms with Gasteiger partial charge in [0.15, 0.2) is 0 Å². The summed E-state index contributed by atoms with van der Waals surface area (Å²) in [7, 11) is 0. The lowest BCUT2D eigenvalue weighted by molar-refractivity contribution is 0.567. The summed E-state index contributed by atoms with van der Waals surface area (Å²) in [6, 6.07) is 4.23. The van der Waals surface area contributed by atoms with E-state index in [1.54, 1.807) is 18.2 Å². The monoisotopic (exact) mass is 249 g/mol. The van der Waals surface area contributed by atoms with Crippen molar-refractivity contribution >= 4 is 24.0 Å². The fourth-order valence-corrected chi connectivity index (χ4v) is 1.61. The van der Waals surface area contributed by atoms with E-state index in [1.165, 1.54) is 6.07 Å². The van der Waals surface area contributed by atoms with E-state index in [-0.39, 0.29) is 24.3 Å². The molecule has 1 rings (SSSR count). The summed E-state index contributed by atoms with van der Waals surface area (Å²) in [4.78, 5) is 0. The molecule has 2 N–H and O–H groups in total. The second kappa shape index (κ2) is 6.83. The van der Waals surface area contributed by atoms with Gasteiger partial charge in [0.1, 0.15) is 5.82 Å². The number of halogens is 3. The van der Waals surface area contributed by atoms with Gasteiger partial charge in [0, 0.05) is 16.6 Å². The third kappa shape index (κ3) is 3.82. The maximum atomic E-state index is 13.3. The van der Waals surface area contributed by atoms with Crippen molar-refractivity contribution in [3.05, 3.63) is 47.3 Å². The summed E-state index contributed by atoms with van der Waals surface area (Å²) in [5, 5.41) is 0.390. The summed E-state index contributed by atoms with van der Waals surface area (Å²) >= 11 is 5.86. The second-order valence-electron chi connectivity index (χ2n) is 3.11. The fourth-order valence-electron chi connectivity index (χ4n) is 1.31. The van der Waals surface area contributed by atoms with Crippen LogP contribution in [0.4, 0.5) is 4.39 Å². The molecule has 1 atom stereocenters. The second-order valence-corrected chi connectivity index (χ2v) is 3.52. The minimum Gasteiger partial charge on any atom is -0.324 e. The highest BCUT2D eigenvalue weighted by Gasteiger charge is 2.13. The zero-order valence-corrected chi connectivity index (χ0v) is 9.82. The van der Waals surface area contributed by atoms with Gasteiger partial charge in [0.25, 0.3) is 0 Å². The summed E-state index contributed by atoms with van der Waals surface area (Å²) < 4.78 is 13.3. The van der Waals surface area contributed by atoms with Crippen molar-refractivity contribution < 1.29 is 4.39 Å². The Labute approximate surface area is 101 Å². The summed E-state index contributed by atoms with van der Waals surface area (Å²) in [6.07, 6.45) is 3.17. The van der Waals surface area contributed by atoms with E-state index in [2.05, 4.69) is 6.58 Å². The molecule has 1 aromatic carbocycles. The van der Waals surface area contributed by atoms with E-state index in [0.29, 0.717) is 17.0 Å². The number of nitrogens with two attached hydrogens (primary N) is 1. The Kier molecular flexibility index (Phi) is 6.57. The number of hydrogen-bond acceptors (Lipinski definition) is 1. The molecule has 0 bridgehead atoms. The first-order chi connectivity index (χ1) is 6.66. The van der Waals surface area contributed by atoms with Crippen molar-refractivity contribution in [1.82, 2.24) is 0 Å². The van der Waals surface area contributed by atoms with E-state index in [4.69, 9.17) is 17.3 Å². The van der Waals surface area contributed by atoms with Crippen LogP contribution < -0.4 is 5.73 Å². The molecule has 0 spiro atoms. The fraction of sp³-hybridized carbons (Fsp3) is 0.273. The normalized spacial score (nSPS) is 11.7. The summed E-state index contributed by atoms with van der Waals surface area (Å²) in [5.74, 6) is -0.339. The van der Waals surface area contributed by atoms with Gasteiger partial charge < -0.3 is 5.73 Å². The van der Waals surface area contributed by atoms with E-state index in [9.17, 15) is 4.39 Å². The zero-order valence-electron chi connectivity index (χ0n) is 8.25. The molecule has 0 radical (unpaired) electrons. The first-order valence-electron chi connectivity index (χ1n) is 4.47. The first kappa shape index (κ1) is 14.4. The van der Waals surface area contributed by atoms with Gasteiger partial charge in [-0.25, -0.2) is 4.39 Å². The lowest BCUT2D eigenvalue weighted by Gasteiger charge is -2.13. The van der Waals surface area contributed by atoms with Gasteiger partial charge in [-0.15, -0.1) is 19.0 Å². The molecule has 1 aromatic rings. The average Bonchev–Trinajstić information content (AvgIpc) is 2.14. The lowest BCUT2D eigenvalue weighted by Crippen LogP contribution is -2.12. The highest BCUT2D eigenvalue weighted by Crippen LogP contribution is 2.26. The van der Waals surface area contributed by atoms with Crippen LogP contribution in [0.25, 0.3) is 0 Å². The van der Waals surface area contributed by atoms with Crippen LogP contribution in [0, 0.1) is 5.82 Å². The van der Waals surface area contributed by atoms with E-state index in [0.717, 1.165) is 6.42 Å². The Morgan fingerprint density at radius 2 is 2.20 bits per heavy atom. The largest absolute Gasteiger partial charge is 0.324 e. The van der Waals surface area contributed by atoms with Crippen LogP contribution >= 0.6 is 24.0 Å². The minimum absolute atomic E-state index is 0.